The Morgan fingerprint density at radius 3 is 2.44 bits per heavy atom. The molecule has 2 aromatic rings. The van der Waals surface area contributed by atoms with Gasteiger partial charge in [-0.15, -0.1) is 0 Å². The molecule has 0 saturated carbocycles. The second kappa shape index (κ2) is 4.57. The molecule has 1 aromatic heterocycles. The second-order valence-corrected chi connectivity index (χ2v) is 4.09. The van der Waals surface area contributed by atoms with E-state index in [1.165, 1.54) is 12.1 Å². The Balaban J connectivity index is 2.51. The maximum Gasteiger partial charge on any atom is 0.416 e. The zero-order valence-electron chi connectivity index (χ0n) is 9.29. The SMILES string of the molecule is Cc1nc(Cl)cc(-c2cccc(C(F)(F)F)c2)n1. The Hall–Kier alpha value is -1.62. The molecule has 1 aromatic carbocycles. The molecule has 0 aliphatic carbocycles. The van der Waals surface area contributed by atoms with E-state index in [0.29, 0.717) is 17.1 Å². The summed E-state index contributed by atoms with van der Waals surface area (Å²) in [5, 5.41) is 0.204. The van der Waals surface area contributed by atoms with Gasteiger partial charge in [0.15, 0.2) is 0 Å². The lowest BCUT2D eigenvalue weighted by atomic mass is 10.1. The van der Waals surface area contributed by atoms with Crippen molar-refractivity contribution in [3.8, 4) is 11.3 Å². The Morgan fingerprint density at radius 2 is 1.83 bits per heavy atom. The summed E-state index contributed by atoms with van der Waals surface area (Å²) < 4.78 is 37.8. The van der Waals surface area contributed by atoms with Crippen molar-refractivity contribution >= 4 is 11.6 Å². The highest BCUT2D eigenvalue weighted by Gasteiger charge is 2.30. The van der Waals surface area contributed by atoms with E-state index in [4.69, 9.17) is 11.6 Å². The molecule has 0 bridgehead atoms. The molecule has 0 unspecified atom stereocenters. The van der Waals surface area contributed by atoms with E-state index < -0.39 is 11.7 Å². The highest BCUT2D eigenvalue weighted by molar-refractivity contribution is 6.29. The van der Waals surface area contributed by atoms with Crippen LogP contribution in [-0.2, 0) is 6.18 Å². The van der Waals surface area contributed by atoms with Crippen LogP contribution in [0.25, 0.3) is 11.3 Å². The lowest BCUT2D eigenvalue weighted by molar-refractivity contribution is -0.137. The molecule has 2 rings (SSSR count). The summed E-state index contributed by atoms with van der Waals surface area (Å²) in [6.07, 6.45) is -4.37. The van der Waals surface area contributed by atoms with E-state index in [1.807, 2.05) is 0 Å². The van der Waals surface area contributed by atoms with Crippen LogP contribution in [0.5, 0.6) is 0 Å². The van der Waals surface area contributed by atoms with E-state index in [-0.39, 0.29) is 5.15 Å². The third kappa shape index (κ3) is 2.79. The molecule has 0 spiro atoms. The largest absolute Gasteiger partial charge is 0.416 e. The first-order valence-corrected chi connectivity index (χ1v) is 5.43. The van der Waals surface area contributed by atoms with Crippen molar-refractivity contribution in [2.24, 2.45) is 0 Å². The Kier molecular flexibility index (Phi) is 3.26. The molecule has 0 fully saturated rings. The topological polar surface area (TPSA) is 25.8 Å². The Morgan fingerprint density at radius 1 is 1.11 bits per heavy atom. The van der Waals surface area contributed by atoms with E-state index >= 15 is 0 Å². The predicted octanol–water partition coefficient (Wildman–Crippen LogP) is 4.12. The zero-order chi connectivity index (χ0) is 13.3. The van der Waals surface area contributed by atoms with Gasteiger partial charge in [0.2, 0.25) is 0 Å². The fraction of sp³-hybridized carbons (Fsp3) is 0.167. The molecule has 2 nitrogen and oxygen atoms in total. The fourth-order valence-electron chi connectivity index (χ4n) is 1.53. The van der Waals surface area contributed by atoms with Gasteiger partial charge < -0.3 is 0 Å². The molecule has 0 atom stereocenters. The van der Waals surface area contributed by atoms with E-state index in [9.17, 15) is 13.2 Å². The minimum Gasteiger partial charge on any atom is -0.233 e. The normalized spacial score (nSPS) is 11.6. The van der Waals surface area contributed by atoms with Gasteiger partial charge >= 0.3 is 6.18 Å². The van der Waals surface area contributed by atoms with Crippen LogP contribution < -0.4 is 0 Å². The molecule has 0 saturated heterocycles. The van der Waals surface area contributed by atoms with Crippen molar-refractivity contribution in [3.63, 3.8) is 0 Å². The van der Waals surface area contributed by atoms with Gasteiger partial charge in [0.25, 0.3) is 0 Å². The molecule has 94 valence electrons. The quantitative estimate of drug-likeness (QED) is 0.730. The van der Waals surface area contributed by atoms with Gasteiger partial charge in [0.1, 0.15) is 11.0 Å². The van der Waals surface area contributed by atoms with Crippen LogP contribution in [0, 0.1) is 6.92 Å². The highest BCUT2D eigenvalue weighted by Crippen LogP contribution is 2.31. The van der Waals surface area contributed by atoms with Crippen LogP contribution in [-0.4, -0.2) is 9.97 Å². The third-order valence-electron chi connectivity index (χ3n) is 2.29. The van der Waals surface area contributed by atoms with Crippen LogP contribution >= 0.6 is 11.6 Å². The van der Waals surface area contributed by atoms with E-state index in [1.54, 1.807) is 13.0 Å². The van der Waals surface area contributed by atoms with Gasteiger partial charge in [-0.2, -0.15) is 13.2 Å². The number of nitrogens with zero attached hydrogens (tertiary/aromatic N) is 2. The molecule has 0 amide bonds. The number of halogens is 4. The summed E-state index contributed by atoms with van der Waals surface area (Å²) in [5.74, 6) is 0.412. The van der Waals surface area contributed by atoms with Gasteiger partial charge in [-0.05, 0) is 19.1 Å². The fourth-order valence-corrected chi connectivity index (χ4v) is 1.76. The molecule has 18 heavy (non-hydrogen) atoms. The third-order valence-corrected chi connectivity index (χ3v) is 2.49. The number of aryl methyl sites for hydroxylation is 1. The molecule has 0 aliphatic heterocycles. The van der Waals surface area contributed by atoms with Crippen LogP contribution in [0.2, 0.25) is 5.15 Å². The first-order chi connectivity index (χ1) is 8.36. The number of hydrogen-bond acceptors (Lipinski definition) is 2. The monoisotopic (exact) mass is 272 g/mol. The molecule has 0 N–H and O–H groups in total. The van der Waals surface area contributed by atoms with Gasteiger partial charge in [0.05, 0.1) is 11.3 Å². The standard InChI is InChI=1S/C12H8ClF3N2/c1-7-17-10(6-11(13)18-7)8-3-2-4-9(5-8)12(14,15)16/h2-6H,1H3. The average Bonchev–Trinajstić information content (AvgIpc) is 2.27. The maximum atomic E-state index is 12.6. The van der Waals surface area contributed by atoms with E-state index in [0.717, 1.165) is 12.1 Å². The van der Waals surface area contributed by atoms with Crippen LogP contribution in [0.15, 0.2) is 30.3 Å². The summed E-state index contributed by atoms with van der Waals surface area (Å²) in [6, 6.07) is 6.37. The predicted molar refractivity (Wildman–Crippen MR) is 62.2 cm³/mol. The minimum atomic E-state index is -4.37. The maximum absolute atomic E-state index is 12.6. The second-order valence-electron chi connectivity index (χ2n) is 3.70. The van der Waals surface area contributed by atoms with Crippen LogP contribution in [0.3, 0.4) is 0 Å². The van der Waals surface area contributed by atoms with Gasteiger partial charge in [-0.1, -0.05) is 23.7 Å². The first-order valence-electron chi connectivity index (χ1n) is 5.05. The van der Waals surface area contributed by atoms with Crippen molar-refractivity contribution < 1.29 is 13.2 Å². The summed E-state index contributed by atoms with van der Waals surface area (Å²) in [7, 11) is 0. The molecule has 0 radical (unpaired) electrons. The Labute approximate surface area is 106 Å². The minimum absolute atomic E-state index is 0.204. The lowest BCUT2D eigenvalue weighted by Crippen LogP contribution is -2.04. The van der Waals surface area contributed by atoms with Crippen LogP contribution in [0.1, 0.15) is 11.4 Å². The van der Waals surface area contributed by atoms with Crippen molar-refractivity contribution in [3.05, 3.63) is 46.9 Å². The van der Waals surface area contributed by atoms with Crippen molar-refractivity contribution in [1.82, 2.24) is 9.97 Å². The smallest absolute Gasteiger partial charge is 0.233 e. The summed E-state index contributed by atoms with van der Waals surface area (Å²) in [4.78, 5) is 7.93. The first kappa shape index (κ1) is 12.8. The number of alkyl halides is 3. The molecule has 6 heteroatoms. The lowest BCUT2D eigenvalue weighted by Gasteiger charge is -2.08. The summed E-state index contributed by atoms with van der Waals surface area (Å²) >= 11 is 5.76. The van der Waals surface area contributed by atoms with Gasteiger partial charge in [-0.25, -0.2) is 9.97 Å². The zero-order valence-corrected chi connectivity index (χ0v) is 10.0. The molecular formula is C12H8ClF3N2. The van der Waals surface area contributed by atoms with Crippen LogP contribution in [0.4, 0.5) is 13.2 Å². The summed E-state index contributed by atoms with van der Waals surface area (Å²) in [6.45, 7) is 1.63. The van der Waals surface area contributed by atoms with Crippen molar-refractivity contribution in [2.75, 3.05) is 0 Å². The van der Waals surface area contributed by atoms with Crippen molar-refractivity contribution in [2.45, 2.75) is 13.1 Å². The molecular weight excluding hydrogens is 265 g/mol. The summed E-state index contributed by atoms with van der Waals surface area (Å²) in [5.41, 5.74) is 0.0169. The van der Waals surface area contributed by atoms with E-state index in [2.05, 4.69) is 9.97 Å². The number of rotatable bonds is 1. The van der Waals surface area contributed by atoms with Crippen molar-refractivity contribution in [1.29, 1.82) is 0 Å². The average molecular weight is 273 g/mol. The number of benzene rings is 1. The molecule has 0 aliphatic rings. The van der Waals surface area contributed by atoms with Gasteiger partial charge in [0, 0.05) is 11.6 Å². The number of hydrogen-bond donors (Lipinski definition) is 0. The highest BCUT2D eigenvalue weighted by atomic mass is 35.5. The number of aromatic nitrogens is 2. The molecule has 1 heterocycles. The van der Waals surface area contributed by atoms with Gasteiger partial charge in [-0.3, -0.25) is 0 Å². The Bertz CT molecular complexity index is 562.